The molecule has 1 aromatic rings. The molecule has 0 radical (unpaired) electrons. The third-order valence-electron chi connectivity index (χ3n) is 2.65. The number of unbranched alkanes of at least 4 members (excludes halogenated alkanes) is 1. The van der Waals surface area contributed by atoms with Gasteiger partial charge in [-0.25, -0.2) is 4.39 Å². The lowest BCUT2D eigenvalue weighted by Gasteiger charge is -2.17. The van der Waals surface area contributed by atoms with Crippen molar-refractivity contribution in [3.05, 3.63) is 29.6 Å². The Balaban J connectivity index is 2.88. The Morgan fingerprint density at radius 3 is 2.56 bits per heavy atom. The van der Waals surface area contributed by atoms with E-state index in [1.165, 1.54) is 5.19 Å². The fourth-order valence-corrected chi connectivity index (χ4v) is 2.78. The quantitative estimate of drug-likeness (QED) is 0.580. The summed E-state index contributed by atoms with van der Waals surface area (Å²) >= 11 is 0. The lowest BCUT2D eigenvalue weighted by atomic mass is 10.1. The van der Waals surface area contributed by atoms with Gasteiger partial charge >= 0.3 is 0 Å². The Morgan fingerprint density at radius 2 is 2.00 bits per heavy atom. The van der Waals surface area contributed by atoms with E-state index < -0.39 is 8.07 Å². The first-order chi connectivity index (χ1) is 7.45. The second kappa shape index (κ2) is 5.27. The topological polar surface area (TPSA) is 23.8 Å². The molecule has 0 amide bonds. The van der Waals surface area contributed by atoms with Gasteiger partial charge in [0.1, 0.15) is 5.82 Å². The zero-order chi connectivity index (χ0) is 12.2. The van der Waals surface area contributed by atoms with Crippen molar-refractivity contribution >= 4 is 13.3 Å². The molecule has 0 atom stereocenters. The van der Waals surface area contributed by atoms with Crippen LogP contribution in [0.2, 0.25) is 19.6 Å². The third kappa shape index (κ3) is 3.46. The number of nitriles is 1. The number of hydrogen-bond donors (Lipinski definition) is 0. The minimum Gasteiger partial charge on any atom is -0.207 e. The van der Waals surface area contributed by atoms with Crippen LogP contribution in [-0.2, 0) is 6.42 Å². The van der Waals surface area contributed by atoms with Crippen LogP contribution < -0.4 is 5.19 Å². The molecular weight excluding hydrogens is 217 g/mol. The van der Waals surface area contributed by atoms with Gasteiger partial charge in [-0.2, -0.15) is 5.26 Å². The molecule has 0 heterocycles. The van der Waals surface area contributed by atoms with E-state index in [1.807, 2.05) is 12.1 Å². The minimum absolute atomic E-state index is 0.139. The fraction of sp³-hybridized carbons (Fsp3) is 0.462. The molecule has 0 aliphatic rings. The number of aryl methyl sites for hydroxylation is 1. The van der Waals surface area contributed by atoms with E-state index in [0.717, 1.165) is 12.0 Å². The predicted molar refractivity (Wildman–Crippen MR) is 67.9 cm³/mol. The molecule has 0 spiro atoms. The van der Waals surface area contributed by atoms with Crippen LogP contribution in [0.1, 0.15) is 18.4 Å². The summed E-state index contributed by atoms with van der Waals surface area (Å²) in [6.07, 6.45) is 1.90. The van der Waals surface area contributed by atoms with E-state index >= 15 is 0 Å². The average molecular weight is 235 g/mol. The first-order valence-corrected chi connectivity index (χ1v) is 9.11. The molecule has 0 saturated carbocycles. The molecular formula is C13H18FNSi. The van der Waals surface area contributed by atoms with E-state index in [1.54, 1.807) is 6.07 Å². The molecule has 0 bridgehead atoms. The Bertz CT molecular complexity index is 401. The zero-order valence-corrected chi connectivity index (χ0v) is 11.2. The van der Waals surface area contributed by atoms with Crippen LogP contribution in [0.4, 0.5) is 4.39 Å². The maximum Gasteiger partial charge on any atom is 0.126 e. The smallest absolute Gasteiger partial charge is 0.126 e. The van der Waals surface area contributed by atoms with Crippen molar-refractivity contribution in [2.45, 2.75) is 38.9 Å². The summed E-state index contributed by atoms with van der Waals surface area (Å²) in [5.41, 5.74) is 0.759. The van der Waals surface area contributed by atoms with Crippen LogP contribution in [0.15, 0.2) is 18.2 Å². The van der Waals surface area contributed by atoms with Crippen molar-refractivity contribution in [1.82, 2.24) is 0 Å². The predicted octanol–water partition coefficient (Wildman–Crippen LogP) is 3.22. The third-order valence-corrected chi connectivity index (χ3v) is 4.69. The van der Waals surface area contributed by atoms with Gasteiger partial charge in [0.15, 0.2) is 0 Å². The van der Waals surface area contributed by atoms with Gasteiger partial charge in [-0.05, 0) is 24.5 Å². The van der Waals surface area contributed by atoms with Gasteiger partial charge in [0, 0.05) is 6.42 Å². The highest BCUT2D eigenvalue weighted by Gasteiger charge is 2.17. The summed E-state index contributed by atoms with van der Waals surface area (Å²) in [5, 5.41) is 9.74. The number of nitrogens with zero attached hydrogens (tertiary/aromatic N) is 1. The summed E-state index contributed by atoms with van der Waals surface area (Å²) in [6.45, 7) is 6.75. The SMILES string of the molecule is C[Si](C)(C)c1ccc(F)c(CCCC#N)c1. The van der Waals surface area contributed by atoms with Crippen LogP contribution in [-0.4, -0.2) is 8.07 Å². The number of rotatable bonds is 4. The highest BCUT2D eigenvalue weighted by molar-refractivity contribution is 6.88. The molecule has 0 unspecified atom stereocenters. The van der Waals surface area contributed by atoms with E-state index in [0.29, 0.717) is 12.8 Å². The van der Waals surface area contributed by atoms with Crippen molar-refractivity contribution < 1.29 is 4.39 Å². The van der Waals surface area contributed by atoms with E-state index in [2.05, 4.69) is 25.7 Å². The van der Waals surface area contributed by atoms with Crippen molar-refractivity contribution in [2.24, 2.45) is 0 Å². The molecule has 1 nitrogen and oxygen atoms in total. The molecule has 0 aliphatic carbocycles. The van der Waals surface area contributed by atoms with Crippen molar-refractivity contribution in [1.29, 1.82) is 5.26 Å². The molecule has 86 valence electrons. The maximum absolute atomic E-state index is 13.5. The Morgan fingerprint density at radius 1 is 1.31 bits per heavy atom. The Labute approximate surface area is 97.9 Å². The van der Waals surface area contributed by atoms with Crippen molar-refractivity contribution in [3.63, 3.8) is 0 Å². The van der Waals surface area contributed by atoms with E-state index in [-0.39, 0.29) is 5.82 Å². The summed E-state index contributed by atoms with van der Waals surface area (Å²) in [5.74, 6) is -0.139. The Kier molecular flexibility index (Phi) is 4.25. The lowest BCUT2D eigenvalue weighted by molar-refractivity contribution is 0.606. The second-order valence-electron chi connectivity index (χ2n) is 5.07. The second-order valence-corrected chi connectivity index (χ2v) is 10.1. The fourth-order valence-electron chi connectivity index (χ4n) is 1.59. The van der Waals surface area contributed by atoms with Gasteiger partial charge in [-0.1, -0.05) is 37.0 Å². The summed E-state index contributed by atoms with van der Waals surface area (Å²) in [4.78, 5) is 0. The molecule has 0 aromatic heterocycles. The van der Waals surface area contributed by atoms with E-state index in [4.69, 9.17) is 5.26 Å². The monoisotopic (exact) mass is 235 g/mol. The van der Waals surface area contributed by atoms with Crippen LogP contribution in [0, 0.1) is 17.1 Å². The normalized spacial score (nSPS) is 11.2. The van der Waals surface area contributed by atoms with Gasteiger partial charge in [0.2, 0.25) is 0 Å². The van der Waals surface area contributed by atoms with Gasteiger partial charge in [0.05, 0.1) is 14.1 Å². The molecule has 0 fully saturated rings. The van der Waals surface area contributed by atoms with Gasteiger partial charge in [-0.15, -0.1) is 0 Å². The van der Waals surface area contributed by atoms with Crippen molar-refractivity contribution in [3.8, 4) is 6.07 Å². The Hall–Kier alpha value is -1.14. The van der Waals surface area contributed by atoms with Gasteiger partial charge in [-0.3, -0.25) is 0 Å². The molecule has 0 aliphatic heterocycles. The minimum atomic E-state index is -1.37. The lowest BCUT2D eigenvalue weighted by Crippen LogP contribution is -2.37. The first-order valence-electron chi connectivity index (χ1n) is 5.61. The molecule has 16 heavy (non-hydrogen) atoms. The summed E-state index contributed by atoms with van der Waals surface area (Å²) in [6, 6.07) is 7.54. The van der Waals surface area contributed by atoms with Crippen LogP contribution in [0.3, 0.4) is 0 Å². The maximum atomic E-state index is 13.5. The standard InChI is InChI=1S/C13H18FNSi/c1-16(2,3)12-7-8-13(14)11(10-12)6-4-5-9-15/h7-8,10H,4-6H2,1-3H3. The largest absolute Gasteiger partial charge is 0.207 e. The summed E-state index contributed by atoms with van der Waals surface area (Å²) in [7, 11) is -1.37. The van der Waals surface area contributed by atoms with E-state index in [9.17, 15) is 4.39 Å². The number of halogens is 1. The molecule has 1 rings (SSSR count). The van der Waals surface area contributed by atoms with Gasteiger partial charge in [0.25, 0.3) is 0 Å². The van der Waals surface area contributed by atoms with Crippen LogP contribution in [0.25, 0.3) is 0 Å². The zero-order valence-electron chi connectivity index (χ0n) is 10.2. The highest BCUT2D eigenvalue weighted by atomic mass is 28.3. The molecule has 0 N–H and O–H groups in total. The summed E-state index contributed by atoms with van der Waals surface area (Å²) < 4.78 is 13.5. The van der Waals surface area contributed by atoms with Crippen molar-refractivity contribution in [2.75, 3.05) is 0 Å². The van der Waals surface area contributed by atoms with Gasteiger partial charge < -0.3 is 0 Å². The highest BCUT2D eigenvalue weighted by Crippen LogP contribution is 2.12. The van der Waals surface area contributed by atoms with Crippen LogP contribution >= 0.6 is 0 Å². The number of benzene rings is 1. The average Bonchev–Trinajstić information content (AvgIpc) is 2.19. The number of hydrogen-bond acceptors (Lipinski definition) is 1. The molecule has 0 saturated heterocycles. The first kappa shape index (κ1) is 12.9. The molecule has 1 aromatic carbocycles. The molecule has 3 heteroatoms. The van der Waals surface area contributed by atoms with Crippen LogP contribution in [0.5, 0.6) is 0 Å².